The molecule has 2 aromatic carbocycles. The molecule has 3 rings (SSSR count). The maximum absolute atomic E-state index is 9.85. The highest BCUT2D eigenvalue weighted by Gasteiger charge is 2.33. The summed E-state index contributed by atoms with van der Waals surface area (Å²) in [5.41, 5.74) is 3.29. The highest BCUT2D eigenvalue weighted by Crippen LogP contribution is 2.46. The quantitative estimate of drug-likeness (QED) is 0.699. The van der Waals surface area contributed by atoms with Crippen LogP contribution in [0.2, 0.25) is 0 Å². The van der Waals surface area contributed by atoms with Crippen LogP contribution in [0, 0.1) is 11.8 Å². The summed E-state index contributed by atoms with van der Waals surface area (Å²) in [6, 6.07) is 10.6. The maximum Gasteiger partial charge on any atom is 0.157 e. The van der Waals surface area contributed by atoms with Crippen molar-refractivity contribution in [2.75, 3.05) is 0 Å². The predicted octanol–water partition coefficient (Wildman–Crippen LogP) is 3.76. The monoisotopic (exact) mass is 284 g/mol. The topological polar surface area (TPSA) is 60.7 Å². The lowest BCUT2D eigenvalue weighted by atomic mass is 9.68. The molecule has 3 atom stereocenters. The third-order valence-corrected chi connectivity index (χ3v) is 4.79. The minimum absolute atomic E-state index is 0.0556. The zero-order valence-corrected chi connectivity index (χ0v) is 12.2. The van der Waals surface area contributed by atoms with Gasteiger partial charge in [0.25, 0.3) is 0 Å². The van der Waals surface area contributed by atoms with Crippen LogP contribution in [0.5, 0.6) is 17.2 Å². The molecule has 1 aliphatic rings. The molecule has 0 heterocycles. The van der Waals surface area contributed by atoms with Crippen LogP contribution in [0.4, 0.5) is 0 Å². The Bertz CT molecular complexity index is 661. The number of aromatic hydroxyl groups is 3. The normalized spacial score (nSPS) is 24.6. The van der Waals surface area contributed by atoms with E-state index in [1.165, 1.54) is 0 Å². The van der Waals surface area contributed by atoms with Gasteiger partial charge in [-0.2, -0.15) is 0 Å². The highest BCUT2D eigenvalue weighted by atomic mass is 16.3. The summed E-state index contributed by atoms with van der Waals surface area (Å²) in [5, 5.41) is 29.1. The molecule has 3 nitrogen and oxygen atoms in total. The SMILES string of the molecule is C[C@@H]1[C@H](c2ccc(O)cc2)c2cc(O)c(O)cc2C[C@H]1C. The molecule has 0 saturated carbocycles. The van der Waals surface area contributed by atoms with Gasteiger partial charge in [-0.3, -0.25) is 0 Å². The molecule has 0 spiro atoms. The van der Waals surface area contributed by atoms with E-state index < -0.39 is 0 Å². The molecule has 0 bridgehead atoms. The van der Waals surface area contributed by atoms with Gasteiger partial charge >= 0.3 is 0 Å². The molecule has 110 valence electrons. The first kappa shape index (κ1) is 13.8. The van der Waals surface area contributed by atoms with Crippen LogP contribution >= 0.6 is 0 Å². The number of fused-ring (bicyclic) bond motifs is 1. The summed E-state index contributed by atoms with van der Waals surface area (Å²) in [6.07, 6.45) is 0.902. The van der Waals surface area contributed by atoms with Crippen LogP contribution in [0.1, 0.15) is 36.5 Å². The number of rotatable bonds is 1. The molecule has 0 aromatic heterocycles. The van der Waals surface area contributed by atoms with E-state index in [1.807, 2.05) is 12.1 Å². The van der Waals surface area contributed by atoms with Crippen molar-refractivity contribution >= 4 is 0 Å². The zero-order valence-electron chi connectivity index (χ0n) is 12.2. The Labute approximate surface area is 124 Å². The van der Waals surface area contributed by atoms with Gasteiger partial charge in [0.05, 0.1) is 0 Å². The second kappa shape index (κ2) is 4.99. The second-order valence-corrected chi connectivity index (χ2v) is 6.15. The Balaban J connectivity index is 2.15. The summed E-state index contributed by atoms with van der Waals surface area (Å²) >= 11 is 0. The van der Waals surface area contributed by atoms with Crippen LogP contribution < -0.4 is 0 Å². The summed E-state index contributed by atoms with van der Waals surface area (Å²) in [6.45, 7) is 4.43. The number of benzene rings is 2. The molecule has 3 heteroatoms. The zero-order chi connectivity index (χ0) is 15.1. The third-order valence-electron chi connectivity index (χ3n) is 4.79. The molecular weight excluding hydrogens is 264 g/mol. The van der Waals surface area contributed by atoms with Gasteiger partial charge in [0.15, 0.2) is 11.5 Å². The fourth-order valence-corrected chi connectivity index (χ4v) is 3.41. The molecule has 1 aliphatic carbocycles. The number of hydrogen-bond acceptors (Lipinski definition) is 3. The van der Waals surface area contributed by atoms with Crippen molar-refractivity contribution < 1.29 is 15.3 Å². The summed E-state index contributed by atoms with van der Waals surface area (Å²) < 4.78 is 0. The average Bonchev–Trinajstić information content (AvgIpc) is 2.44. The predicted molar refractivity (Wildman–Crippen MR) is 81.8 cm³/mol. The first-order chi connectivity index (χ1) is 9.97. The molecule has 0 saturated heterocycles. The van der Waals surface area contributed by atoms with Gasteiger partial charge in [0.1, 0.15) is 5.75 Å². The Morgan fingerprint density at radius 1 is 0.905 bits per heavy atom. The smallest absolute Gasteiger partial charge is 0.157 e. The lowest BCUT2D eigenvalue weighted by Crippen LogP contribution is -2.26. The van der Waals surface area contributed by atoms with Crippen LogP contribution in [0.15, 0.2) is 36.4 Å². The van der Waals surface area contributed by atoms with Crippen molar-refractivity contribution in [1.82, 2.24) is 0 Å². The van der Waals surface area contributed by atoms with Crippen molar-refractivity contribution in [1.29, 1.82) is 0 Å². The van der Waals surface area contributed by atoms with Gasteiger partial charge in [-0.15, -0.1) is 0 Å². The Morgan fingerprint density at radius 3 is 2.19 bits per heavy atom. The second-order valence-electron chi connectivity index (χ2n) is 6.15. The van der Waals surface area contributed by atoms with E-state index in [-0.39, 0.29) is 23.2 Å². The van der Waals surface area contributed by atoms with Gasteiger partial charge in [0.2, 0.25) is 0 Å². The molecule has 0 unspecified atom stereocenters. The Kier molecular flexibility index (Phi) is 3.28. The van der Waals surface area contributed by atoms with Gasteiger partial charge in [-0.25, -0.2) is 0 Å². The minimum Gasteiger partial charge on any atom is -0.508 e. The fourth-order valence-electron chi connectivity index (χ4n) is 3.41. The standard InChI is InChI=1S/C18H20O3/c1-10-7-13-8-16(20)17(21)9-15(13)18(11(10)2)12-3-5-14(19)6-4-12/h3-6,8-11,18-21H,7H2,1-2H3/t10-,11+,18-/m1/s1. The van der Waals surface area contributed by atoms with Crippen molar-refractivity contribution in [3.8, 4) is 17.2 Å². The van der Waals surface area contributed by atoms with Gasteiger partial charge in [0, 0.05) is 5.92 Å². The molecule has 2 aromatic rings. The average molecular weight is 284 g/mol. The summed E-state index contributed by atoms with van der Waals surface area (Å²) in [4.78, 5) is 0. The Morgan fingerprint density at radius 2 is 1.52 bits per heavy atom. The minimum atomic E-state index is -0.0701. The molecular formula is C18H20O3. The van der Waals surface area contributed by atoms with Gasteiger partial charge in [-0.05, 0) is 59.2 Å². The summed E-state index contributed by atoms with van der Waals surface area (Å²) in [7, 11) is 0. The van der Waals surface area contributed by atoms with E-state index in [9.17, 15) is 15.3 Å². The van der Waals surface area contributed by atoms with E-state index in [1.54, 1.807) is 24.3 Å². The molecule has 0 fully saturated rings. The van der Waals surface area contributed by atoms with Gasteiger partial charge < -0.3 is 15.3 Å². The fraction of sp³-hybridized carbons (Fsp3) is 0.333. The lowest BCUT2D eigenvalue weighted by molar-refractivity contribution is 0.322. The van der Waals surface area contributed by atoms with E-state index in [2.05, 4.69) is 13.8 Å². The maximum atomic E-state index is 9.85. The largest absolute Gasteiger partial charge is 0.508 e. The van der Waals surface area contributed by atoms with Gasteiger partial charge in [-0.1, -0.05) is 26.0 Å². The molecule has 0 amide bonds. The van der Waals surface area contributed by atoms with Crippen LogP contribution in [-0.4, -0.2) is 15.3 Å². The number of phenols is 3. The molecule has 3 N–H and O–H groups in total. The van der Waals surface area contributed by atoms with E-state index >= 15 is 0 Å². The van der Waals surface area contributed by atoms with Crippen molar-refractivity contribution in [3.63, 3.8) is 0 Å². The van der Waals surface area contributed by atoms with Crippen molar-refractivity contribution in [2.45, 2.75) is 26.2 Å². The highest BCUT2D eigenvalue weighted by molar-refractivity contribution is 5.51. The summed E-state index contributed by atoms with van der Waals surface area (Å²) in [5.74, 6) is 1.20. The van der Waals surface area contributed by atoms with Crippen LogP contribution in [0.3, 0.4) is 0 Å². The van der Waals surface area contributed by atoms with E-state index in [0.29, 0.717) is 11.8 Å². The molecule has 21 heavy (non-hydrogen) atoms. The lowest BCUT2D eigenvalue weighted by Gasteiger charge is -2.36. The van der Waals surface area contributed by atoms with E-state index in [4.69, 9.17) is 0 Å². The number of phenolic OH excluding ortho intramolecular Hbond substituents is 3. The third kappa shape index (κ3) is 2.33. The Hall–Kier alpha value is -2.16. The van der Waals surface area contributed by atoms with Crippen molar-refractivity contribution in [3.05, 3.63) is 53.1 Å². The first-order valence-electron chi connectivity index (χ1n) is 7.31. The van der Waals surface area contributed by atoms with Crippen LogP contribution in [-0.2, 0) is 6.42 Å². The number of hydrogen-bond donors (Lipinski definition) is 3. The van der Waals surface area contributed by atoms with Crippen molar-refractivity contribution in [2.24, 2.45) is 11.8 Å². The molecule has 0 aliphatic heterocycles. The molecule has 0 radical (unpaired) electrons. The first-order valence-corrected chi connectivity index (χ1v) is 7.31. The van der Waals surface area contributed by atoms with Crippen LogP contribution in [0.25, 0.3) is 0 Å². The van der Waals surface area contributed by atoms with E-state index in [0.717, 1.165) is 23.1 Å².